The average molecular weight is 481 g/mol. The molecule has 12 heteroatoms. The SMILES string of the molecule is O=C(CCc1ccc(Cl)cc1)N[C@@H]1CC[C@@H](C(=O)NCC(=O)OCCOC(F)(F)F)OC1. The van der Waals surface area contributed by atoms with Crippen LogP contribution >= 0.6 is 11.6 Å². The van der Waals surface area contributed by atoms with Crippen molar-refractivity contribution in [1.82, 2.24) is 10.6 Å². The summed E-state index contributed by atoms with van der Waals surface area (Å²) in [5, 5.41) is 5.80. The van der Waals surface area contributed by atoms with E-state index in [0.717, 1.165) is 5.56 Å². The van der Waals surface area contributed by atoms with Crippen molar-refractivity contribution in [2.24, 2.45) is 0 Å². The molecule has 178 valence electrons. The zero-order chi connectivity index (χ0) is 23.6. The molecule has 0 spiro atoms. The molecule has 0 saturated carbocycles. The molecule has 1 fully saturated rings. The third-order valence-electron chi connectivity index (χ3n) is 4.51. The Morgan fingerprint density at radius 3 is 2.47 bits per heavy atom. The number of amides is 2. The lowest BCUT2D eigenvalue weighted by molar-refractivity contribution is -0.326. The van der Waals surface area contributed by atoms with E-state index < -0.39 is 44.1 Å². The van der Waals surface area contributed by atoms with E-state index in [1.807, 2.05) is 12.1 Å². The van der Waals surface area contributed by atoms with Crippen molar-refractivity contribution in [1.29, 1.82) is 0 Å². The fourth-order valence-corrected chi connectivity index (χ4v) is 3.04. The molecule has 1 aliphatic rings. The van der Waals surface area contributed by atoms with E-state index in [2.05, 4.69) is 20.1 Å². The minimum absolute atomic E-state index is 0.131. The summed E-state index contributed by atoms with van der Waals surface area (Å²) in [5.74, 6) is -1.57. The van der Waals surface area contributed by atoms with E-state index in [-0.39, 0.29) is 18.6 Å². The highest BCUT2D eigenvalue weighted by atomic mass is 35.5. The molecule has 2 N–H and O–H groups in total. The molecule has 2 rings (SSSR count). The van der Waals surface area contributed by atoms with Crippen LogP contribution in [0.4, 0.5) is 13.2 Å². The summed E-state index contributed by atoms with van der Waals surface area (Å²) in [5.41, 5.74) is 0.993. The summed E-state index contributed by atoms with van der Waals surface area (Å²) in [6.07, 6.45) is -3.86. The molecule has 0 unspecified atom stereocenters. The number of hydrogen-bond donors (Lipinski definition) is 2. The lowest BCUT2D eigenvalue weighted by Crippen LogP contribution is -2.48. The Balaban J connectivity index is 1.58. The number of nitrogens with one attached hydrogen (secondary N) is 2. The lowest BCUT2D eigenvalue weighted by Gasteiger charge is -2.28. The standard InChI is InChI=1S/C20H24ClF3N2O6/c21-14-4-1-13(2-5-14)3-8-17(27)26-15-6-7-16(31-12-15)19(29)25-11-18(28)30-9-10-32-20(22,23)24/h1-2,4-5,15-16H,3,6-12H2,(H,25,29)(H,26,27)/t15-,16+/m1/s1. The van der Waals surface area contributed by atoms with Crippen LogP contribution in [-0.2, 0) is 35.0 Å². The number of carbonyl (C=O) groups excluding carboxylic acids is 3. The first-order valence-corrected chi connectivity index (χ1v) is 10.3. The van der Waals surface area contributed by atoms with Gasteiger partial charge in [0, 0.05) is 11.4 Å². The van der Waals surface area contributed by atoms with Crippen LogP contribution in [0.25, 0.3) is 0 Å². The van der Waals surface area contributed by atoms with Gasteiger partial charge in [-0.25, -0.2) is 0 Å². The van der Waals surface area contributed by atoms with E-state index in [1.54, 1.807) is 12.1 Å². The van der Waals surface area contributed by atoms with Gasteiger partial charge in [-0.15, -0.1) is 13.2 Å². The number of halogens is 4. The molecular formula is C20H24ClF3N2O6. The van der Waals surface area contributed by atoms with E-state index >= 15 is 0 Å². The zero-order valence-corrected chi connectivity index (χ0v) is 17.8. The van der Waals surface area contributed by atoms with Crippen LogP contribution in [0.1, 0.15) is 24.8 Å². The molecule has 1 aromatic rings. The largest absolute Gasteiger partial charge is 0.522 e. The van der Waals surface area contributed by atoms with Crippen molar-refractivity contribution in [2.45, 2.75) is 44.2 Å². The van der Waals surface area contributed by atoms with Crippen molar-refractivity contribution >= 4 is 29.4 Å². The number of ether oxygens (including phenoxy) is 3. The van der Waals surface area contributed by atoms with E-state index in [9.17, 15) is 27.6 Å². The van der Waals surface area contributed by atoms with Gasteiger partial charge < -0.3 is 20.1 Å². The molecule has 32 heavy (non-hydrogen) atoms. The maximum absolute atomic E-state index is 12.1. The van der Waals surface area contributed by atoms with E-state index in [0.29, 0.717) is 30.7 Å². The second-order valence-corrected chi connectivity index (χ2v) is 7.46. The van der Waals surface area contributed by atoms with Gasteiger partial charge in [0.2, 0.25) is 11.8 Å². The zero-order valence-electron chi connectivity index (χ0n) is 17.1. The highest BCUT2D eigenvalue weighted by Gasteiger charge is 2.29. The summed E-state index contributed by atoms with van der Waals surface area (Å²) in [6, 6.07) is 7.01. The van der Waals surface area contributed by atoms with Crippen LogP contribution in [0.3, 0.4) is 0 Å². The van der Waals surface area contributed by atoms with Crippen LogP contribution in [0.15, 0.2) is 24.3 Å². The lowest BCUT2D eigenvalue weighted by atomic mass is 10.0. The molecule has 1 saturated heterocycles. The normalized spacial score (nSPS) is 18.6. The van der Waals surface area contributed by atoms with E-state index in [1.165, 1.54) is 0 Å². The topological polar surface area (TPSA) is 103 Å². The monoisotopic (exact) mass is 480 g/mol. The predicted octanol–water partition coefficient (Wildman–Crippen LogP) is 2.13. The number of carbonyl (C=O) groups is 3. The molecule has 1 aromatic carbocycles. The molecule has 2 amide bonds. The third kappa shape index (κ3) is 10.3. The minimum atomic E-state index is -4.80. The average Bonchev–Trinajstić information content (AvgIpc) is 2.74. The van der Waals surface area contributed by atoms with Crippen molar-refractivity contribution in [3.8, 4) is 0 Å². The molecule has 0 aliphatic carbocycles. The Morgan fingerprint density at radius 2 is 1.84 bits per heavy atom. The van der Waals surface area contributed by atoms with Gasteiger partial charge >= 0.3 is 12.3 Å². The van der Waals surface area contributed by atoms with Gasteiger partial charge in [0.25, 0.3) is 0 Å². The Bertz CT molecular complexity index is 768. The van der Waals surface area contributed by atoms with Gasteiger partial charge in [-0.05, 0) is 37.0 Å². The molecule has 8 nitrogen and oxygen atoms in total. The molecular weight excluding hydrogens is 457 g/mol. The number of aryl methyl sites for hydroxylation is 1. The maximum Gasteiger partial charge on any atom is 0.522 e. The number of benzene rings is 1. The Labute approximate surface area is 187 Å². The number of hydrogen-bond acceptors (Lipinski definition) is 6. The Kier molecular flexibility index (Phi) is 10.2. The summed E-state index contributed by atoms with van der Waals surface area (Å²) < 4.78 is 48.8. The van der Waals surface area contributed by atoms with Crippen molar-refractivity contribution in [3.63, 3.8) is 0 Å². The smallest absolute Gasteiger partial charge is 0.462 e. The van der Waals surface area contributed by atoms with Crippen molar-refractivity contribution < 1.29 is 41.8 Å². The summed E-state index contributed by atoms with van der Waals surface area (Å²) in [7, 11) is 0. The first kappa shape index (κ1) is 25.9. The number of alkyl halides is 3. The molecule has 1 aliphatic heterocycles. The van der Waals surface area contributed by atoms with Gasteiger partial charge in [0.1, 0.15) is 19.3 Å². The van der Waals surface area contributed by atoms with Crippen LogP contribution in [0.2, 0.25) is 5.02 Å². The fourth-order valence-electron chi connectivity index (χ4n) is 2.92. The summed E-state index contributed by atoms with van der Waals surface area (Å²) in [6.45, 7) is -1.78. The van der Waals surface area contributed by atoms with Gasteiger partial charge in [-0.1, -0.05) is 23.7 Å². The first-order chi connectivity index (χ1) is 15.1. The van der Waals surface area contributed by atoms with Crippen molar-refractivity contribution in [2.75, 3.05) is 26.4 Å². The van der Waals surface area contributed by atoms with Crippen LogP contribution in [-0.4, -0.2) is 62.7 Å². The second kappa shape index (κ2) is 12.6. The quantitative estimate of drug-likeness (QED) is 0.393. The van der Waals surface area contributed by atoms with Gasteiger partial charge in [-0.2, -0.15) is 0 Å². The Hall–Kier alpha value is -2.37. The van der Waals surface area contributed by atoms with Crippen LogP contribution in [0, 0.1) is 0 Å². The molecule has 1 heterocycles. The predicted molar refractivity (Wildman–Crippen MR) is 107 cm³/mol. The second-order valence-electron chi connectivity index (χ2n) is 7.02. The molecule has 0 bridgehead atoms. The van der Waals surface area contributed by atoms with E-state index in [4.69, 9.17) is 16.3 Å². The summed E-state index contributed by atoms with van der Waals surface area (Å²) in [4.78, 5) is 35.6. The first-order valence-electron chi connectivity index (χ1n) is 9.92. The molecule has 2 atom stereocenters. The number of rotatable bonds is 10. The fraction of sp³-hybridized carbons (Fsp3) is 0.550. The summed E-state index contributed by atoms with van der Waals surface area (Å²) >= 11 is 5.83. The van der Waals surface area contributed by atoms with Crippen molar-refractivity contribution in [3.05, 3.63) is 34.9 Å². The van der Waals surface area contributed by atoms with Gasteiger partial charge in [0.15, 0.2) is 0 Å². The Morgan fingerprint density at radius 1 is 1.12 bits per heavy atom. The van der Waals surface area contributed by atoms with Gasteiger partial charge in [-0.3, -0.25) is 19.1 Å². The maximum atomic E-state index is 12.1. The van der Waals surface area contributed by atoms with Crippen LogP contribution < -0.4 is 10.6 Å². The molecule has 0 radical (unpaired) electrons. The minimum Gasteiger partial charge on any atom is -0.462 e. The number of esters is 1. The highest BCUT2D eigenvalue weighted by molar-refractivity contribution is 6.30. The highest BCUT2D eigenvalue weighted by Crippen LogP contribution is 2.16. The van der Waals surface area contributed by atoms with Crippen LogP contribution in [0.5, 0.6) is 0 Å². The third-order valence-corrected chi connectivity index (χ3v) is 4.76. The molecule has 0 aromatic heterocycles. The van der Waals surface area contributed by atoms with Gasteiger partial charge in [0.05, 0.1) is 19.3 Å².